The lowest BCUT2D eigenvalue weighted by Gasteiger charge is -2.27. The first-order valence-electron chi connectivity index (χ1n) is 3.22. The smallest absolute Gasteiger partial charge is 0.132 e. The molecule has 9 heavy (non-hydrogen) atoms. The van der Waals surface area contributed by atoms with Crippen LogP contribution in [0, 0.1) is 0 Å². The van der Waals surface area contributed by atoms with Gasteiger partial charge in [-0.15, -0.1) is 0 Å². The molecule has 54 valence electrons. The van der Waals surface area contributed by atoms with Crippen LogP contribution in [-0.4, -0.2) is 23.2 Å². The Balaban J connectivity index is 2.37. The fraction of sp³-hybridized carbons (Fsp3) is 1.00. The van der Waals surface area contributed by atoms with Crippen LogP contribution >= 0.6 is 22.6 Å². The lowest BCUT2D eigenvalue weighted by molar-refractivity contribution is 0.154. The monoisotopic (exact) mass is 243 g/mol. The first-order valence-corrected chi connectivity index (χ1v) is 4.75. The average Bonchev–Trinajstić information content (AvgIpc) is 1.90. The van der Waals surface area contributed by atoms with Gasteiger partial charge in [0.05, 0.1) is 0 Å². The van der Waals surface area contributed by atoms with E-state index in [0.29, 0.717) is 11.0 Å². The van der Waals surface area contributed by atoms with Crippen molar-refractivity contribution in [1.29, 1.82) is 0 Å². The molecule has 0 aliphatic carbocycles. The largest absolute Gasteiger partial charge is 0.314 e. The van der Waals surface area contributed by atoms with Gasteiger partial charge in [0.1, 0.15) is 5.67 Å². The third-order valence-corrected chi connectivity index (χ3v) is 3.03. The molecule has 1 aliphatic heterocycles. The van der Waals surface area contributed by atoms with Crippen molar-refractivity contribution in [3.8, 4) is 0 Å². The van der Waals surface area contributed by atoms with Crippen molar-refractivity contribution in [3.05, 3.63) is 0 Å². The van der Waals surface area contributed by atoms with Crippen LogP contribution in [0.15, 0.2) is 0 Å². The van der Waals surface area contributed by atoms with Gasteiger partial charge in [-0.2, -0.15) is 0 Å². The Morgan fingerprint density at radius 3 is 2.78 bits per heavy atom. The van der Waals surface area contributed by atoms with E-state index >= 15 is 0 Å². The highest BCUT2D eigenvalue weighted by molar-refractivity contribution is 14.1. The van der Waals surface area contributed by atoms with Crippen LogP contribution in [0.2, 0.25) is 0 Å². The minimum Gasteiger partial charge on any atom is -0.314 e. The number of hydrogen-bond donors (Lipinski definition) is 1. The number of alkyl halides is 2. The molecule has 0 aromatic heterocycles. The highest BCUT2D eigenvalue weighted by Crippen LogP contribution is 2.22. The van der Waals surface area contributed by atoms with Gasteiger partial charge < -0.3 is 5.32 Å². The molecule has 1 rings (SSSR count). The summed E-state index contributed by atoms with van der Waals surface area (Å²) in [4.78, 5) is 0. The Labute approximate surface area is 68.5 Å². The summed E-state index contributed by atoms with van der Waals surface area (Å²) in [7, 11) is 0. The van der Waals surface area contributed by atoms with Crippen LogP contribution in [-0.2, 0) is 0 Å². The van der Waals surface area contributed by atoms with Gasteiger partial charge in [-0.25, -0.2) is 4.39 Å². The standard InChI is InChI=1S/C6H11FIN/c7-6(4-8)2-1-3-9-5-6/h9H,1-5H2. The van der Waals surface area contributed by atoms with E-state index in [0.717, 1.165) is 19.4 Å². The minimum absolute atomic E-state index is 0.552. The zero-order chi connectivity index (χ0) is 6.74. The van der Waals surface area contributed by atoms with E-state index in [9.17, 15) is 4.39 Å². The van der Waals surface area contributed by atoms with Crippen molar-refractivity contribution < 1.29 is 4.39 Å². The Morgan fingerprint density at radius 2 is 2.44 bits per heavy atom. The van der Waals surface area contributed by atoms with Crippen molar-refractivity contribution in [2.45, 2.75) is 18.5 Å². The molecule has 1 heterocycles. The zero-order valence-corrected chi connectivity index (χ0v) is 7.45. The average molecular weight is 243 g/mol. The number of halogens is 2. The van der Waals surface area contributed by atoms with Crippen molar-refractivity contribution in [2.75, 3.05) is 17.5 Å². The quantitative estimate of drug-likeness (QED) is 0.543. The van der Waals surface area contributed by atoms with E-state index in [-0.39, 0.29) is 0 Å². The molecule has 1 N–H and O–H groups in total. The maximum atomic E-state index is 13.2. The molecule has 1 saturated heterocycles. The van der Waals surface area contributed by atoms with Crippen LogP contribution in [0.25, 0.3) is 0 Å². The van der Waals surface area contributed by atoms with E-state index in [4.69, 9.17) is 0 Å². The van der Waals surface area contributed by atoms with Gasteiger partial charge in [-0.3, -0.25) is 0 Å². The van der Waals surface area contributed by atoms with Crippen LogP contribution < -0.4 is 5.32 Å². The third-order valence-electron chi connectivity index (χ3n) is 1.66. The molecule has 0 bridgehead atoms. The Morgan fingerprint density at radius 1 is 1.67 bits per heavy atom. The molecule has 0 saturated carbocycles. The van der Waals surface area contributed by atoms with Gasteiger partial charge in [-0.05, 0) is 19.4 Å². The number of piperidine rings is 1. The summed E-state index contributed by atoms with van der Waals surface area (Å²) >= 11 is 2.11. The molecule has 0 amide bonds. The first kappa shape index (κ1) is 7.72. The molecule has 0 radical (unpaired) electrons. The van der Waals surface area contributed by atoms with E-state index in [1.807, 2.05) is 0 Å². The zero-order valence-electron chi connectivity index (χ0n) is 5.29. The molecule has 1 unspecified atom stereocenters. The second-order valence-corrected chi connectivity index (χ2v) is 3.33. The van der Waals surface area contributed by atoms with Gasteiger partial charge >= 0.3 is 0 Å². The van der Waals surface area contributed by atoms with E-state index < -0.39 is 5.67 Å². The normalized spacial score (nSPS) is 36.7. The van der Waals surface area contributed by atoms with Gasteiger partial charge in [0.25, 0.3) is 0 Å². The van der Waals surface area contributed by atoms with Gasteiger partial charge in [0.15, 0.2) is 0 Å². The molecule has 0 spiro atoms. The van der Waals surface area contributed by atoms with E-state index in [2.05, 4.69) is 27.9 Å². The predicted molar refractivity (Wildman–Crippen MR) is 44.8 cm³/mol. The maximum Gasteiger partial charge on any atom is 0.132 e. The van der Waals surface area contributed by atoms with Crippen LogP contribution in [0.4, 0.5) is 4.39 Å². The number of hydrogen-bond acceptors (Lipinski definition) is 1. The SMILES string of the molecule is FC1(CI)CCCNC1. The summed E-state index contributed by atoms with van der Waals surface area (Å²) in [5.74, 6) is 0. The van der Waals surface area contributed by atoms with Crippen molar-refractivity contribution in [3.63, 3.8) is 0 Å². The van der Waals surface area contributed by atoms with Gasteiger partial charge in [-0.1, -0.05) is 22.6 Å². The van der Waals surface area contributed by atoms with Gasteiger partial charge in [0.2, 0.25) is 0 Å². The summed E-state index contributed by atoms with van der Waals surface area (Å²) in [6, 6.07) is 0. The molecular weight excluding hydrogens is 232 g/mol. The Bertz CT molecular complexity index is 91.1. The molecule has 3 heteroatoms. The second-order valence-electron chi connectivity index (χ2n) is 2.56. The van der Waals surface area contributed by atoms with Crippen molar-refractivity contribution in [1.82, 2.24) is 5.32 Å². The summed E-state index contributed by atoms with van der Waals surface area (Å²) in [5.41, 5.74) is -0.904. The minimum atomic E-state index is -0.904. The molecule has 0 aromatic carbocycles. The topological polar surface area (TPSA) is 12.0 Å². The lowest BCUT2D eigenvalue weighted by Crippen LogP contribution is -2.43. The summed E-state index contributed by atoms with van der Waals surface area (Å²) in [6.45, 7) is 1.54. The van der Waals surface area contributed by atoms with E-state index in [1.54, 1.807) is 0 Å². The van der Waals surface area contributed by atoms with E-state index in [1.165, 1.54) is 0 Å². The Kier molecular flexibility index (Phi) is 2.70. The Hall–Kier alpha value is 0.620. The lowest BCUT2D eigenvalue weighted by atomic mass is 9.99. The molecular formula is C6H11FIN. The number of nitrogens with one attached hydrogen (secondary N) is 1. The maximum absolute atomic E-state index is 13.2. The van der Waals surface area contributed by atoms with Crippen LogP contribution in [0.1, 0.15) is 12.8 Å². The molecule has 1 fully saturated rings. The summed E-state index contributed by atoms with van der Waals surface area (Å²) in [6.07, 6.45) is 1.72. The third kappa shape index (κ3) is 2.04. The van der Waals surface area contributed by atoms with Gasteiger partial charge in [0, 0.05) is 11.0 Å². The fourth-order valence-corrected chi connectivity index (χ4v) is 1.70. The summed E-state index contributed by atoms with van der Waals surface area (Å²) < 4.78 is 13.9. The number of rotatable bonds is 1. The molecule has 0 aromatic rings. The van der Waals surface area contributed by atoms with Crippen LogP contribution in [0.3, 0.4) is 0 Å². The highest BCUT2D eigenvalue weighted by atomic mass is 127. The second kappa shape index (κ2) is 3.14. The van der Waals surface area contributed by atoms with Crippen molar-refractivity contribution >= 4 is 22.6 Å². The summed E-state index contributed by atoms with van der Waals surface area (Å²) in [5, 5.41) is 3.05. The predicted octanol–water partition coefficient (Wildman–Crippen LogP) is 1.51. The molecule has 1 atom stereocenters. The fourth-order valence-electron chi connectivity index (χ4n) is 1.05. The molecule has 1 nitrogen and oxygen atoms in total. The van der Waals surface area contributed by atoms with Crippen molar-refractivity contribution in [2.24, 2.45) is 0 Å². The van der Waals surface area contributed by atoms with Crippen LogP contribution in [0.5, 0.6) is 0 Å². The first-order chi connectivity index (χ1) is 4.27. The highest BCUT2D eigenvalue weighted by Gasteiger charge is 2.29. The molecule has 1 aliphatic rings.